The van der Waals surface area contributed by atoms with E-state index in [1.165, 1.54) is 6.08 Å². The Bertz CT molecular complexity index is 180. The number of hydrogen-bond acceptors (Lipinski definition) is 1. The summed E-state index contributed by atoms with van der Waals surface area (Å²) in [6.07, 6.45) is 5.45. The van der Waals surface area contributed by atoms with Crippen LogP contribution in [0.15, 0.2) is 37.0 Å². The van der Waals surface area contributed by atoms with Crippen molar-refractivity contribution in [2.45, 2.75) is 6.42 Å². The van der Waals surface area contributed by atoms with E-state index in [-0.39, 0.29) is 0 Å². The molecule has 0 aliphatic rings. The Morgan fingerprint density at radius 2 is 2.10 bits per heavy atom. The summed E-state index contributed by atoms with van der Waals surface area (Å²) in [5.41, 5.74) is 5.42. The maximum Gasteiger partial charge on any atom is 0.248 e. The van der Waals surface area contributed by atoms with E-state index in [0.717, 1.165) is 0 Å². The van der Waals surface area contributed by atoms with Crippen LogP contribution in [0.4, 0.5) is 0 Å². The molecule has 0 atom stereocenters. The Hall–Kier alpha value is -1.31. The standard InChI is InChI=1S/C8H11NO/c1-3-5-6-7(4-2)8(9)10/h3-4,6H,1-2,5H2,(H2,9,10)/b7-6+. The van der Waals surface area contributed by atoms with E-state index in [1.807, 2.05) is 0 Å². The zero-order chi connectivity index (χ0) is 7.98. The first-order chi connectivity index (χ1) is 4.72. The van der Waals surface area contributed by atoms with Gasteiger partial charge in [0.25, 0.3) is 0 Å². The van der Waals surface area contributed by atoms with Gasteiger partial charge in [0, 0.05) is 5.57 Å². The second kappa shape index (κ2) is 4.56. The van der Waals surface area contributed by atoms with Crippen LogP contribution in [-0.2, 0) is 4.79 Å². The maximum atomic E-state index is 10.5. The van der Waals surface area contributed by atoms with E-state index in [4.69, 9.17) is 5.73 Å². The van der Waals surface area contributed by atoms with Gasteiger partial charge in [-0.2, -0.15) is 0 Å². The van der Waals surface area contributed by atoms with Gasteiger partial charge in [0.2, 0.25) is 5.91 Å². The highest BCUT2D eigenvalue weighted by molar-refractivity contribution is 5.94. The molecule has 10 heavy (non-hydrogen) atoms. The van der Waals surface area contributed by atoms with E-state index in [1.54, 1.807) is 12.2 Å². The van der Waals surface area contributed by atoms with E-state index < -0.39 is 5.91 Å². The van der Waals surface area contributed by atoms with Crippen molar-refractivity contribution in [1.82, 2.24) is 0 Å². The molecule has 0 saturated heterocycles. The van der Waals surface area contributed by atoms with E-state index in [9.17, 15) is 4.79 Å². The SMILES string of the molecule is C=CC/C=C(\C=C)C(N)=O. The predicted octanol–water partition coefficient (Wildman–Crippen LogP) is 1.16. The van der Waals surface area contributed by atoms with Gasteiger partial charge in [0.15, 0.2) is 0 Å². The van der Waals surface area contributed by atoms with Crippen LogP contribution in [0.3, 0.4) is 0 Å². The summed E-state index contributed by atoms with van der Waals surface area (Å²) in [5, 5.41) is 0. The highest BCUT2D eigenvalue weighted by Crippen LogP contribution is 1.96. The maximum absolute atomic E-state index is 10.5. The Morgan fingerprint density at radius 1 is 1.50 bits per heavy atom. The molecule has 2 N–H and O–H groups in total. The second-order valence-electron chi connectivity index (χ2n) is 1.75. The third-order valence-electron chi connectivity index (χ3n) is 1.01. The van der Waals surface area contributed by atoms with Gasteiger partial charge in [-0.1, -0.05) is 24.8 Å². The molecule has 0 spiro atoms. The van der Waals surface area contributed by atoms with Crippen molar-refractivity contribution in [3.05, 3.63) is 37.0 Å². The summed E-state index contributed by atoms with van der Waals surface area (Å²) in [6.45, 7) is 6.93. The first-order valence-corrected chi connectivity index (χ1v) is 2.95. The summed E-state index contributed by atoms with van der Waals surface area (Å²) in [4.78, 5) is 10.5. The molecule has 0 aliphatic heterocycles. The second-order valence-corrected chi connectivity index (χ2v) is 1.75. The third-order valence-corrected chi connectivity index (χ3v) is 1.01. The first kappa shape index (κ1) is 8.69. The number of rotatable bonds is 4. The molecule has 0 aromatic heterocycles. The van der Waals surface area contributed by atoms with Crippen LogP contribution in [0.5, 0.6) is 0 Å². The van der Waals surface area contributed by atoms with Crippen LogP contribution in [0, 0.1) is 0 Å². The van der Waals surface area contributed by atoms with Crippen LogP contribution in [0.1, 0.15) is 6.42 Å². The molecule has 0 bridgehead atoms. The lowest BCUT2D eigenvalue weighted by molar-refractivity contribution is -0.114. The topological polar surface area (TPSA) is 43.1 Å². The zero-order valence-electron chi connectivity index (χ0n) is 5.84. The summed E-state index contributed by atoms with van der Waals surface area (Å²) in [6, 6.07) is 0. The minimum atomic E-state index is -0.447. The van der Waals surface area contributed by atoms with Crippen LogP contribution in [0.2, 0.25) is 0 Å². The van der Waals surface area contributed by atoms with Gasteiger partial charge in [-0.25, -0.2) is 0 Å². The lowest BCUT2D eigenvalue weighted by Crippen LogP contribution is -2.11. The number of carbonyl (C=O) groups excluding carboxylic acids is 1. The molecule has 54 valence electrons. The molecule has 0 heterocycles. The lowest BCUT2D eigenvalue weighted by atomic mass is 10.2. The molecule has 0 aromatic rings. The fourth-order valence-corrected chi connectivity index (χ4v) is 0.495. The largest absolute Gasteiger partial charge is 0.366 e. The highest BCUT2D eigenvalue weighted by atomic mass is 16.1. The first-order valence-electron chi connectivity index (χ1n) is 2.95. The van der Waals surface area contributed by atoms with Gasteiger partial charge < -0.3 is 5.73 Å². The van der Waals surface area contributed by atoms with Gasteiger partial charge in [0.05, 0.1) is 0 Å². The van der Waals surface area contributed by atoms with Gasteiger partial charge >= 0.3 is 0 Å². The molecule has 0 saturated carbocycles. The molecule has 1 amide bonds. The highest BCUT2D eigenvalue weighted by Gasteiger charge is 1.95. The normalized spacial score (nSPS) is 10.6. The Balaban J connectivity index is 4.17. The average molecular weight is 137 g/mol. The number of carbonyl (C=O) groups is 1. The van der Waals surface area contributed by atoms with Gasteiger partial charge in [-0.3, -0.25) is 4.79 Å². The molecular formula is C8H11NO. The minimum absolute atomic E-state index is 0.444. The van der Waals surface area contributed by atoms with Crippen molar-refractivity contribution in [3.8, 4) is 0 Å². The fraction of sp³-hybridized carbons (Fsp3) is 0.125. The molecule has 2 nitrogen and oxygen atoms in total. The van der Waals surface area contributed by atoms with Crippen molar-refractivity contribution in [1.29, 1.82) is 0 Å². The monoisotopic (exact) mass is 137 g/mol. The molecule has 0 fully saturated rings. The average Bonchev–Trinajstić information content (AvgIpc) is 1.89. The Morgan fingerprint density at radius 3 is 2.40 bits per heavy atom. The van der Waals surface area contributed by atoms with Gasteiger partial charge in [-0.05, 0) is 6.42 Å². The van der Waals surface area contributed by atoms with Crippen molar-refractivity contribution in [2.24, 2.45) is 5.73 Å². The molecule has 0 rings (SSSR count). The fourth-order valence-electron chi connectivity index (χ4n) is 0.495. The van der Waals surface area contributed by atoms with Crippen molar-refractivity contribution < 1.29 is 4.79 Å². The van der Waals surface area contributed by atoms with E-state index >= 15 is 0 Å². The number of primary amides is 1. The summed E-state index contributed by atoms with van der Waals surface area (Å²) >= 11 is 0. The quantitative estimate of drug-likeness (QED) is 0.352. The summed E-state index contributed by atoms with van der Waals surface area (Å²) < 4.78 is 0. The molecule has 0 radical (unpaired) electrons. The molecule has 0 unspecified atom stereocenters. The van der Waals surface area contributed by atoms with Crippen LogP contribution in [-0.4, -0.2) is 5.91 Å². The Labute approximate surface area is 60.7 Å². The molecule has 0 aliphatic carbocycles. The van der Waals surface area contributed by atoms with Crippen LogP contribution >= 0.6 is 0 Å². The molecular weight excluding hydrogens is 126 g/mol. The van der Waals surface area contributed by atoms with Crippen LogP contribution in [0.25, 0.3) is 0 Å². The Kier molecular flexibility index (Phi) is 3.96. The van der Waals surface area contributed by atoms with Gasteiger partial charge in [-0.15, -0.1) is 6.58 Å². The summed E-state index contributed by atoms with van der Waals surface area (Å²) in [5.74, 6) is -0.447. The van der Waals surface area contributed by atoms with E-state index in [0.29, 0.717) is 12.0 Å². The smallest absolute Gasteiger partial charge is 0.248 e. The summed E-state index contributed by atoms with van der Waals surface area (Å²) in [7, 11) is 0. The lowest BCUT2D eigenvalue weighted by Gasteiger charge is -1.91. The zero-order valence-corrected chi connectivity index (χ0v) is 5.84. The number of amides is 1. The van der Waals surface area contributed by atoms with Crippen molar-refractivity contribution >= 4 is 5.91 Å². The number of allylic oxidation sites excluding steroid dienone is 2. The number of nitrogens with two attached hydrogens (primary N) is 1. The minimum Gasteiger partial charge on any atom is -0.366 e. The number of hydrogen-bond donors (Lipinski definition) is 1. The van der Waals surface area contributed by atoms with Crippen molar-refractivity contribution in [3.63, 3.8) is 0 Å². The molecule has 2 heteroatoms. The van der Waals surface area contributed by atoms with E-state index in [2.05, 4.69) is 13.2 Å². The van der Waals surface area contributed by atoms with Crippen LogP contribution < -0.4 is 5.73 Å². The predicted molar refractivity (Wildman–Crippen MR) is 42.3 cm³/mol. The molecule has 0 aromatic carbocycles. The van der Waals surface area contributed by atoms with Gasteiger partial charge in [0.1, 0.15) is 0 Å². The third kappa shape index (κ3) is 2.87. The van der Waals surface area contributed by atoms with Crippen molar-refractivity contribution in [2.75, 3.05) is 0 Å².